The van der Waals surface area contributed by atoms with Crippen LogP contribution in [0.4, 0.5) is 0 Å². The molecule has 85 heavy (non-hydrogen) atoms. The van der Waals surface area contributed by atoms with Crippen LogP contribution in [-0.4, -0.2) is 47.4 Å². The van der Waals surface area contributed by atoms with Crippen LogP contribution in [-0.2, 0) is 14.3 Å². The topological polar surface area (TPSA) is 95.9 Å². The summed E-state index contributed by atoms with van der Waals surface area (Å²) in [5.41, 5.74) is 0. The number of carbonyl (C=O) groups excluding carboxylic acids is 2. The Bertz CT molecular complexity index is 1290. The number of aliphatic hydroxyl groups is 2. The number of hydrogen-bond acceptors (Lipinski definition) is 5. The second kappa shape index (κ2) is 75.1. The molecule has 2 unspecified atom stereocenters. The van der Waals surface area contributed by atoms with Crippen molar-refractivity contribution in [3.63, 3.8) is 0 Å². The molecular formula is C79H155NO5. The summed E-state index contributed by atoms with van der Waals surface area (Å²) in [6, 6.07) is -0.542. The van der Waals surface area contributed by atoms with E-state index in [9.17, 15) is 19.8 Å². The van der Waals surface area contributed by atoms with Gasteiger partial charge in [0.25, 0.3) is 0 Å². The number of nitrogens with one attached hydrogen (secondary N) is 1. The molecule has 0 aromatic heterocycles. The summed E-state index contributed by atoms with van der Waals surface area (Å²) < 4.78 is 5.52. The maximum Gasteiger partial charge on any atom is 0.305 e. The maximum atomic E-state index is 12.6. The summed E-state index contributed by atoms with van der Waals surface area (Å²) in [4.78, 5) is 24.7. The van der Waals surface area contributed by atoms with Crippen LogP contribution in [0.15, 0.2) is 12.2 Å². The van der Waals surface area contributed by atoms with E-state index in [4.69, 9.17) is 4.74 Å². The summed E-state index contributed by atoms with van der Waals surface area (Å²) >= 11 is 0. The first-order valence-electron chi connectivity index (χ1n) is 39.4. The molecule has 0 aliphatic rings. The molecule has 506 valence electrons. The van der Waals surface area contributed by atoms with Gasteiger partial charge in [-0.15, -0.1) is 0 Å². The van der Waals surface area contributed by atoms with Crippen LogP contribution in [0.25, 0.3) is 0 Å². The van der Waals surface area contributed by atoms with Crippen LogP contribution in [0.3, 0.4) is 0 Å². The molecule has 0 aromatic rings. The Balaban J connectivity index is 3.35. The molecule has 6 heteroatoms. The molecule has 0 bridgehead atoms. The van der Waals surface area contributed by atoms with Gasteiger partial charge in [-0.25, -0.2) is 0 Å². The van der Waals surface area contributed by atoms with E-state index in [0.717, 1.165) is 38.5 Å². The normalized spacial score (nSPS) is 12.5. The molecule has 6 nitrogen and oxygen atoms in total. The van der Waals surface area contributed by atoms with Crippen LogP contribution in [0.1, 0.15) is 457 Å². The summed E-state index contributed by atoms with van der Waals surface area (Å²) in [5, 5.41) is 23.4. The van der Waals surface area contributed by atoms with E-state index in [2.05, 4.69) is 31.3 Å². The molecule has 0 radical (unpaired) electrons. The SMILES string of the molecule is CCCCCCCCCCCCCCCCCCCCCCCC(O)C(CO)NC(=O)CCCCCCCCCCCCCC/C=C\CCCCCCCCCCCCCCOC(=O)CCCCCCCCCCCCCCCCCCCCC. The zero-order chi connectivity index (χ0) is 61.3. The van der Waals surface area contributed by atoms with Crippen molar-refractivity contribution in [2.75, 3.05) is 13.2 Å². The Morgan fingerprint density at radius 3 is 0.835 bits per heavy atom. The van der Waals surface area contributed by atoms with Gasteiger partial charge in [0, 0.05) is 12.8 Å². The van der Waals surface area contributed by atoms with E-state index in [1.165, 1.54) is 385 Å². The number of rotatable bonds is 75. The van der Waals surface area contributed by atoms with Gasteiger partial charge >= 0.3 is 5.97 Å². The van der Waals surface area contributed by atoms with Gasteiger partial charge in [0.15, 0.2) is 0 Å². The highest BCUT2D eigenvalue weighted by Gasteiger charge is 2.20. The molecule has 0 aliphatic heterocycles. The minimum absolute atomic E-state index is 0.0221. The fourth-order valence-electron chi connectivity index (χ4n) is 12.8. The van der Waals surface area contributed by atoms with Crippen molar-refractivity contribution in [3.05, 3.63) is 12.2 Å². The lowest BCUT2D eigenvalue weighted by atomic mass is 10.0. The molecule has 0 heterocycles. The van der Waals surface area contributed by atoms with Gasteiger partial charge in [-0.2, -0.15) is 0 Å². The Morgan fingerprint density at radius 1 is 0.318 bits per heavy atom. The number of ether oxygens (including phenoxy) is 1. The third kappa shape index (κ3) is 71.6. The third-order valence-electron chi connectivity index (χ3n) is 18.8. The Kier molecular flexibility index (Phi) is 73.8. The van der Waals surface area contributed by atoms with Crippen molar-refractivity contribution in [1.29, 1.82) is 0 Å². The van der Waals surface area contributed by atoms with E-state index in [0.29, 0.717) is 25.9 Å². The highest BCUT2D eigenvalue weighted by molar-refractivity contribution is 5.76. The smallest absolute Gasteiger partial charge is 0.305 e. The number of hydrogen-bond donors (Lipinski definition) is 3. The molecule has 0 saturated carbocycles. The van der Waals surface area contributed by atoms with Crippen LogP contribution in [0.5, 0.6) is 0 Å². The minimum Gasteiger partial charge on any atom is -0.466 e. The second-order valence-electron chi connectivity index (χ2n) is 27.4. The first kappa shape index (κ1) is 83.6. The second-order valence-corrected chi connectivity index (χ2v) is 27.4. The fourth-order valence-corrected chi connectivity index (χ4v) is 12.8. The Morgan fingerprint density at radius 2 is 0.553 bits per heavy atom. The number of esters is 1. The first-order valence-corrected chi connectivity index (χ1v) is 39.4. The number of allylic oxidation sites excluding steroid dienone is 2. The van der Waals surface area contributed by atoms with Crippen molar-refractivity contribution in [2.45, 2.75) is 469 Å². The van der Waals surface area contributed by atoms with Crippen molar-refractivity contribution < 1.29 is 24.5 Å². The third-order valence-corrected chi connectivity index (χ3v) is 18.8. The predicted molar refractivity (Wildman–Crippen MR) is 375 cm³/mol. The first-order chi connectivity index (χ1) is 42.0. The van der Waals surface area contributed by atoms with Gasteiger partial charge in [-0.3, -0.25) is 9.59 Å². The van der Waals surface area contributed by atoms with E-state index >= 15 is 0 Å². The predicted octanol–water partition coefficient (Wildman–Crippen LogP) is 25.9. The summed E-state index contributed by atoms with van der Waals surface area (Å²) in [6.45, 7) is 5.01. The lowest BCUT2D eigenvalue weighted by Gasteiger charge is -2.22. The van der Waals surface area contributed by atoms with Crippen LogP contribution in [0, 0.1) is 0 Å². The minimum atomic E-state index is -0.665. The van der Waals surface area contributed by atoms with Crippen molar-refractivity contribution >= 4 is 11.9 Å². The number of carbonyl (C=O) groups is 2. The van der Waals surface area contributed by atoms with E-state index in [1.807, 2.05) is 0 Å². The van der Waals surface area contributed by atoms with Gasteiger partial charge < -0.3 is 20.3 Å². The van der Waals surface area contributed by atoms with Gasteiger partial charge in [0.2, 0.25) is 5.91 Å². The molecule has 0 saturated heterocycles. The lowest BCUT2D eigenvalue weighted by Crippen LogP contribution is -2.45. The molecular weight excluding hydrogens is 1040 g/mol. The zero-order valence-corrected chi connectivity index (χ0v) is 58.1. The van der Waals surface area contributed by atoms with E-state index in [1.54, 1.807) is 0 Å². The maximum absolute atomic E-state index is 12.6. The van der Waals surface area contributed by atoms with Gasteiger partial charge in [0.05, 0.1) is 25.4 Å². The molecule has 0 aliphatic carbocycles. The van der Waals surface area contributed by atoms with Gasteiger partial charge in [0.1, 0.15) is 0 Å². The molecule has 0 fully saturated rings. The van der Waals surface area contributed by atoms with Crippen LogP contribution in [0.2, 0.25) is 0 Å². The average Bonchev–Trinajstić information content (AvgIpc) is 3.51. The summed E-state index contributed by atoms with van der Waals surface area (Å²) in [5.74, 6) is -0.00730. The number of unbranched alkanes of at least 4 members (excludes halogenated alkanes) is 62. The summed E-state index contributed by atoms with van der Waals surface area (Å²) in [6.07, 6.45) is 94.4. The zero-order valence-electron chi connectivity index (χ0n) is 58.1. The van der Waals surface area contributed by atoms with E-state index in [-0.39, 0.29) is 18.5 Å². The molecule has 0 aromatic carbocycles. The molecule has 2 atom stereocenters. The van der Waals surface area contributed by atoms with Crippen molar-refractivity contribution in [3.8, 4) is 0 Å². The highest BCUT2D eigenvalue weighted by atomic mass is 16.5. The quantitative estimate of drug-likeness (QED) is 0.0320. The van der Waals surface area contributed by atoms with Crippen molar-refractivity contribution in [1.82, 2.24) is 5.32 Å². The van der Waals surface area contributed by atoms with Gasteiger partial charge in [-0.05, 0) is 51.4 Å². The Hall–Kier alpha value is -1.40. The molecule has 1 amide bonds. The van der Waals surface area contributed by atoms with E-state index < -0.39 is 12.1 Å². The largest absolute Gasteiger partial charge is 0.466 e. The van der Waals surface area contributed by atoms with Crippen LogP contribution < -0.4 is 5.32 Å². The standard InChI is InChI=1S/C79H155NO5/c1-3-5-7-9-11-13-15-17-19-21-23-32-36-39-43-47-51-55-59-63-67-71-77(82)76(75-81)80-78(83)72-68-64-60-56-52-48-44-40-37-33-30-28-26-24-25-27-29-31-34-38-42-46-50-54-58-62-66-70-74-85-79(84)73-69-65-61-57-53-49-45-41-35-22-20-18-16-14-12-10-8-6-4-2/h24-25,76-77,81-82H,3-23,26-75H2,1-2H3,(H,80,83)/b25-24-. The van der Waals surface area contributed by atoms with Crippen LogP contribution >= 0.6 is 0 Å². The monoisotopic (exact) mass is 1200 g/mol. The molecule has 0 spiro atoms. The number of aliphatic hydroxyl groups excluding tert-OH is 2. The lowest BCUT2D eigenvalue weighted by molar-refractivity contribution is -0.143. The van der Waals surface area contributed by atoms with Gasteiger partial charge in [-0.1, -0.05) is 405 Å². The Labute approximate surface area is 533 Å². The van der Waals surface area contributed by atoms with Crippen molar-refractivity contribution in [2.24, 2.45) is 0 Å². The fraction of sp³-hybridized carbons (Fsp3) is 0.949. The summed E-state index contributed by atoms with van der Waals surface area (Å²) in [7, 11) is 0. The number of amides is 1. The molecule has 3 N–H and O–H groups in total. The highest BCUT2D eigenvalue weighted by Crippen LogP contribution is 2.20. The molecule has 0 rings (SSSR count). The average molecular weight is 1200 g/mol.